The molecule has 0 radical (unpaired) electrons. The maximum atomic E-state index is 12.4. The van der Waals surface area contributed by atoms with Crippen molar-refractivity contribution >= 4 is 41.0 Å². The molecular weight excluding hydrogens is 369 g/mol. The number of hydrogen-bond donors (Lipinski definition) is 3. The van der Waals surface area contributed by atoms with Crippen LogP contribution in [-0.2, 0) is 0 Å². The Morgan fingerprint density at radius 3 is 2.48 bits per heavy atom. The molecule has 9 heteroatoms. The molecule has 0 aromatic carbocycles. The number of hydrogen-bond acceptors (Lipinski definition) is 4. The summed E-state index contributed by atoms with van der Waals surface area (Å²) >= 11 is 12.1. The van der Waals surface area contributed by atoms with Crippen molar-refractivity contribution in [3.8, 4) is 0 Å². The molecule has 1 amide bonds. The van der Waals surface area contributed by atoms with Crippen LogP contribution in [0.15, 0.2) is 16.5 Å². The molecule has 1 unspecified atom stereocenters. The number of aryl methyl sites for hydroxylation is 1. The van der Waals surface area contributed by atoms with E-state index in [-0.39, 0.29) is 28.4 Å². The number of aromatic carboxylic acids is 1. The molecule has 1 saturated carbocycles. The van der Waals surface area contributed by atoms with Crippen molar-refractivity contribution in [1.29, 1.82) is 0 Å². The number of aromatic nitrogens is 1. The van der Waals surface area contributed by atoms with E-state index in [0.717, 1.165) is 0 Å². The largest absolute Gasteiger partial charge is 0.475 e. The quantitative estimate of drug-likeness (QED) is 0.753. The van der Waals surface area contributed by atoms with Crippen LogP contribution in [0, 0.1) is 18.8 Å². The number of amides is 1. The summed E-state index contributed by atoms with van der Waals surface area (Å²) in [5.74, 6) is -0.256. The number of nitrogens with one attached hydrogen (secondary N) is 2. The van der Waals surface area contributed by atoms with Crippen LogP contribution in [-0.4, -0.2) is 41.1 Å². The normalized spacial score (nSPS) is 24.3. The predicted molar refractivity (Wildman–Crippen MR) is 91.7 cm³/mol. The number of rotatable bonds is 4. The van der Waals surface area contributed by atoms with Gasteiger partial charge >= 0.3 is 5.97 Å². The molecule has 2 aromatic rings. The number of fused-ring (bicyclic) bond motifs is 1. The Balaban J connectivity index is 1.37. The first-order chi connectivity index (χ1) is 11.9. The maximum Gasteiger partial charge on any atom is 0.371 e. The Morgan fingerprint density at radius 2 is 1.96 bits per heavy atom. The van der Waals surface area contributed by atoms with E-state index in [2.05, 4.69) is 10.3 Å². The standard InChI is InChI=1S/C16H15Cl2N3O4/c1-6-11(17)12(18)14(19-6)15(22)20-13-7-4-21(5-8(7)13)10-3-2-9(25-10)16(23)24/h2-3,7-8,13,19H,4-5H2,1H3,(H,20,22)(H,23,24)/t7-,8+,13?. The van der Waals surface area contributed by atoms with Gasteiger partial charge in [-0.25, -0.2) is 4.79 Å². The summed E-state index contributed by atoms with van der Waals surface area (Å²) in [7, 11) is 0. The molecule has 1 aliphatic heterocycles. The van der Waals surface area contributed by atoms with Crippen molar-refractivity contribution in [3.63, 3.8) is 0 Å². The zero-order chi connectivity index (χ0) is 17.9. The number of carbonyl (C=O) groups excluding carboxylic acids is 1. The van der Waals surface area contributed by atoms with Crippen molar-refractivity contribution < 1.29 is 19.1 Å². The second kappa shape index (κ2) is 5.71. The molecule has 3 heterocycles. The highest BCUT2D eigenvalue weighted by molar-refractivity contribution is 6.44. The van der Waals surface area contributed by atoms with E-state index in [0.29, 0.717) is 41.5 Å². The molecule has 0 spiro atoms. The van der Waals surface area contributed by atoms with Gasteiger partial charge in [0.1, 0.15) is 5.69 Å². The highest BCUT2D eigenvalue weighted by Gasteiger charge is 2.57. The van der Waals surface area contributed by atoms with Crippen LogP contribution < -0.4 is 10.2 Å². The second-order valence-electron chi connectivity index (χ2n) is 6.43. The van der Waals surface area contributed by atoms with Gasteiger partial charge in [-0.3, -0.25) is 4.79 Å². The Hall–Kier alpha value is -2.12. The fourth-order valence-corrected chi connectivity index (χ4v) is 3.90. The van der Waals surface area contributed by atoms with Gasteiger partial charge in [0, 0.05) is 42.7 Å². The minimum Gasteiger partial charge on any atom is -0.475 e. The molecule has 7 nitrogen and oxygen atoms in total. The lowest BCUT2D eigenvalue weighted by molar-refractivity contribution is 0.0662. The summed E-state index contributed by atoms with van der Waals surface area (Å²) < 4.78 is 5.32. The Morgan fingerprint density at radius 1 is 1.28 bits per heavy atom. The van der Waals surface area contributed by atoms with Crippen molar-refractivity contribution in [1.82, 2.24) is 10.3 Å². The molecule has 4 rings (SSSR count). The van der Waals surface area contributed by atoms with Crippen LogP contribution in [0.3, 0.4) is 0 Å². The van der Waals surface area contributed by atoms with Crippen molar-refractivity contribution in [2.75, 3.05) is 18.0 Å². The molecular formula is C16H15Cl2N3O4. The Labute approximate surface area is 152 Å². The first-order valence-corrected chi connectivity index (χ1v) is 8.55. The van der Waals surface area contributed by atoms with E-state index in [1.807, 2.05) is 4.90 Å². The first-order valence-electron chi connectivity index (χ1n) is 7.79. The molecule has 3 atom stereocenters. The van der Waals surface area contributed by atoms with Crippen molar-refractivity contribution in [2.24, 2.45) is 11.8 Å². The van der Waals surface area contributed by atoms with Crippen LogP contribution in [0.1, 0.15) is 26.7 Å². The second-order valence-corrected chi connectivity index (χ2v) is 7.18. The zero-order valence-electron chi connectivity index (χ0n) is 13.2. The van der Waals surface area contributed by atoms with Gasteiger partial charge in [-0.05, 0) is 13.0 Å². The van der Waals surface area contributed by atoms with Crippen molar-refractivity contribution in [2.45, 2.75) is 13.0 Å². The summed E-state index contributed by atoms with van der Waals surface area (Å²) in [6.45, 7) is 3.17. The number of halogens is 2. The number of piperidine rings is 1. The third-order valence-electron chi connectivity index (χ3n) is 4.89. The van der Waals surface area contributed by atoms with Gasteiger partial charge in [0.25, 0.3) is 5.91 Å². The topological polar surface area (TPSA) is 98.6 Å². The average molecular weight is 384 g/mol. The lowest BCUT2D eigenvalue weighted by Gasteiger charge is -2.19. The van der Waals surface area contributed by atoms with Gasteiger partial charge in [-0.1, -0.05) is 23.2 Å². The van der Waals surface area contributed by atoms with Crippen LogP contribution in [0.4, 0.5) is 5.88 Å². The predicted octanol–water partition coefficient (Wildman–Crippen LogP) is 2.79. The number of H-pyrrole nitrogens is 1. The van der Waals surface area contributed by atoms with Crippen LogP contribution in [0.2, 0.25) is 10.0 Å². The fourth-order valence-electron chi connectivity index (χ4n) is 3.48. The number of aromatic amines is 1. The SMILES string of the molecule is Cc1[nH]c(C(=O)NC2[C@H]3CN(c4ccc(C(=O)O)o4)C[C@@H]23)c(Cl)c1Cl. The van der Waals surface area contributed by atoms with Crippen LogP contribution in [0.25, 0.3) is 0 Å². The van der Waals surface area contributed by atoms with Gasteiger partial charge in [-0.2, -0.15) is 0 Å². The smallest absolute Gasteiger partial charge is 0.371 e. The molecule has 25 heavy (non-hydrogen) atoms. The van der Waals surface area contributed by atoms with Crippen molar-refractivity contribution in [3.05, 3.63) is 39.3 Å². The Kier molecular flexibility index (Phi) is 3.73. The van der Waals surface area contributed by atoms with E-state index in [4.69, 9.17) is 32.7 Å². The third-order valence-corrected chi connectivity index (χ3v) is 5.83. The van der Waals surface area contributed by atoms with E-state index in [1.165, 1.54) is 6.07 Å². The number of carbonyl (C=O) groups is 2. The molecule has 132 valence electrons. The monoisotopic (exact) mass is 383 g/mol. The van der Waals surface area contributed by atoms with Gasteiger partial charge in [0.15, 0.2) is 5.88 Å². The molecule has 3 N–H and O–H groups in total. The van der Waals surface area contributed by atoms with Gasteiger partial charge in [0.2, 0.25) is 5.76 Å². The highest BCUT2D eigenvalue weighted by Crippen LogP contribution is 2.47. The van der Waals surface area contributed by atoms with Crippen LogP contribution >= 0.6 is 23.2 Å². The summed E-state index contributed by atoms with van der Waals surface area (Å²) in [6.07, 6.45) is 0. The number of anilines is 1. The summed E-state index contributed by atoms with van der Waals surface area (Å²) in [5, 5.41) is 12.5. The van der Waals surface area contributed by atoms with E-state index in [9.17, 15) is 9.59 Å². The summed E-state index contributed by atoms with van der Waals surface area (Å²) in [5.41, 5.74) is 0.939. The van der Waals surface area contributed by atoms with E-state index < -0.39 is 5.97 Å². The molecule has 2 aromatic heterocycles. The van der Waals surface area contributed by atoms with E-state index in [1.54, 1.807) is 13.0 Å². The fraction of sp³-hybridized carbons (Fsp3) is 0.375. The zero-order valence-corrected chi connectivity index (χ0v) is 14.7. The lowest BCUT2D eigenvalue weighted by Crippen LogP contribution is -2.34. The Bertz CT molecular complexity index is 863. The minimum absolute atomic E-state index is 0.0749. The number of nitrogens with zero attached hydrogens (tertiary/aromatic N) is 1. The number of carboxylic acid groups (broad SMARTS) is 1. The van der Waals surface area contributed by atoms with Gasteiger partial charge in [0.05, 0.1) is 10.0 Å². The lowest BCUT2D eigenvalue weighted by atomic mass is 10.3. The molecule has 0 bridgehead atoms. The first kappa shape index (κ1) is 16.4. The molecule has 2 aliphatic rings. The summed E-state index contributed by atoms with van der Waals surface area (Å²) in [4.78, 5) is 28.1. The molecule has 1 saturated heterocycles. The highest BCUT2D eigenvalue weighted by atomic mass is 35.5. The minimum atomic E-state index is -1.09. The van der Waals surface area contributed by atoms with Gasteiger partial charge < -0.3 is 24.7 Å². The third kappa shape index (κ3) is 2.67. The average Bonchev–Trinajstić information content (AvgIpc) is 3.02. The van der Waals surface area contributed by atoms with Gasteiger partial charge in [-0.15, -0.1) is 0 Å². The maximum absolute atomic E-state index is 12.4. The van der Waals surface area contributed by atoms with E-state index >= 15 is 0 Å². The number of furan rings is 1. The summed E-state index contributed by atoms with van der Waals surface area (Å²) in [6, 6.07) is 3.18. The van der Waals surface area contributed by atoms with Crippen LogP contribution in [0.5, 0.6) is 0 Å². The number of carboxylic acids is 1. The molecule has 1 aliphatic carbocycles. The molecule has 2 fully saturated rings.